The summed E-state index contributed by atoms with van der Waals surface area (Å²) in [6.07, 6.45) is 1.62. The molecule has 1 aliphatic heterocycles. The molecule has 23 heavy (non-hydrogen) atoms. The van der Waals surface area contributed by atoms with Crippen LogP contribution >= 0.6 is 11.6 Å². The van der Waals surface area contributed by atoms with Crippen molar-refractivity contribution in [1.29, 1.82) is 0 Å². The van der Waals surface area contributed by atoms with Gasteiger partial charge in [0.1, 0.15) is 5.02 Å². The van der Waals surface area contributed by atoms with E-state index in [1.54, 1.807) is 13.2 Å². The summed E-state index contributed by atoms with van der Waals surface area (Å²) in [5.74, 6) is 0.471. The zero-order valence-electron chi connectivity index (χ0n) is 13.4. The van der Waals surface area contributed by atoms with Gasteiger partial charge in [-0.2, -0.15) is 5.10 Å². The largest absolute Gasteiger partial charge is 0.378 e. The second-order valence-corrected chi connectivity index (χ2v) is 6.59. The molecule has 1 aromatic carbocycles. The number of anilines is 1. The second kappa shape index (κ2) is 6.72. The number of hydrogen-bond donors (Lipinski definition) is 1. The number of rotatable bonds is 4. The molecule has 3 rings (SSSR count). The van der Waals surface area contributed by atoms with Gasteiger partial charge in [-0.15, -0.1) is 0 Å². The Morgan fingerprint density at radius 3 is 2.78 bits per heavy atom. The molecule has 2 atom stereocenters. The maximum atomic E-state index is 11.9. The van der Waals surface area contributed by atoms with Gasteiger partial charge >= 0.3 is 0 Å². The van der Waals surface area contributed by atoms with Crippen molar-refractivity contribution >= 4 is 17.3 Å². The summed E-state index contributed by atoms with van der Waals surface area (Å²) in [6.45, 7) is 5.08. The molecule has 1 aliphatic rings. The molecule has 0 saturated carbocycles. The molecule has 2 aromatic rings. The third kappa shape index (κ3) is 3.57. The predicted molar refractivity (Wildman–Crippen MR) is 92.8 cm³/mol. The number of likely N-dealkylation sites (tertiary alicyclic amines) is 1. The molecule has 1 saturated heterocycles. The molecule has 1 aromatic heterocycles. The van der Waals surface area contributed by atoms with Crippen LogP contribution in [0, 0.1) is 5.92 Å². The first-order valence-electron chi connectivity index (χ1n) is 7.79. The van der Waals surface area contributed by atoms with Gasteiger partial charge in [-0.3, -0.25) is 9.69 Å². The molecule has 122 valence electrons. The SMILES string of the molecule is CC1CN(Cc2ccccc2)CC1Nc1cnn(C)c(=O)c1Cl. The topological polar surface area (TPSA) is 50.2 Å². The van der Waals surface area contributed by atoms with E-state index in [1.807, 2.05) is 6.07 Å². The summed E-state index contributed by atoms with van der Waals surface area (Å²) < 4.78 is 1.24. The number of nitrogens with zero attached hydrogens (tertiary/aromatic N) is 3. The monoisotopic (exact) mass is 332 g/mol. The smallest absolute Gasteiger partial charge is 0.287 e. The molecule has 0 spiro atoms. The number of hydrogen-bond acceptors (Lipinski definition) is 4. The lowest BCUT2D eigenvalue weighted by atomic mass is 10.1. The minimum atomic E-state index is -0.275. The van der Waals surface area contributed by atoms with E-state index in [9.17, 15) is 4.79 Å². The van der Waals surface area contributed by atoms with Gasteiger partial charge in [-0.1, -0.05) is 48.9 Å². The molecule has 0 aliphatic carbocycles. The minimum Gasteiger partial charge on any atom is -0.378 e. The first-order valence-corrected chi connectivity index (χ1v) is 8.17. The van der Waals surface area contributed by atoms with Gasteiger partial charge in [0.15, 0.2) is 0 Å². The van der Waals surface area contributed by atoms with E-state index in [1.165, 1.54) is 10.2 Å². The van der Waals surface area contributed by atoms with Crippen LogP contribution in [0.1, 0.15) is 12.5 Å². The molecular weight excluding hydrogens is 312 g/mol. The summed E-state index contributed by atoms with van der Waals surface area (Å²) in [4.78, 5) is 14.3. The fraction of sp³-hybridized carbons (Fsp3) is 0.412. The Bertz CT molecular complexity index is 731. The number of nitrogens with one attached hydrogen (secondary N) is 1. The van der Waals surface area contributed by atoms with Gasteiger partial charge in [0.25, 0.3) is 5.56 Å². The third-order valence-corrected chi connectivity index (χ3v) is 4.72. The lowest BCUT2D eigenvalue weighted by Gasteiger charge is -2.19. The number of aryl methyl sites for hydroxylation is 1. The van der Waals surface area contributed by atoms with Crippen molar-refractivity contribution in [2.45, 2.75) is 19.5 Å². The van der Waals surface area contributed by atoms with Gasteiger partial charge in [-0.05, 0) is 11.5 Å². The van der Waals surface area contributed by atoms with Crippen molar-refractivity contribution in [3.8, 4) is 0 Å². The highest BCUT2D eigenvalue weighted by Gasteiger charge is 2.30. The van der Waals surface area contributed by atoms with Crippen molar-refractivity contribution in [2.24, 2.45) is 13.0 Å². The van der Waals surface area contributed by atoms with Crippen LogP contribution in [0.25, 0.3) is 0 Å². The van der Waals surface area contributed by atoms with Crippen LogP contribution in [0.2, 0.25) is 5.02 Å². The van der Waals surface area contributed by atoms with E-state index in [4.69, 9.17) is 11.6 Å². The molecule has 6 heteroatoms. The van der Waals surface area contributed by atoms with Gasteiger partial charge in [0.05, 0.1) is 11.9 Å². The maximum Gasteiger partial charge on any atom is 0.287 e. The quantitative estimate of drug-likeness (QED) is 0.934. The minimum absolute atomic E-state index is 0.205. The van der Waals surface area contributed by atoms with Crippen LogP contribution in [0.5, 0.6) is 0 Å². The third-order valence-electron chi connectivity index (χ3n) is 4.36. The molecule has 0 bridgehead atoms. The van der Waals surface area contributed by atoms with Crippen LogP contribution in [0.15, 0.2) is 41.3 Å². The number of aromatic nitrogens is 2. The van der Waals surface area contributed by atoms with Crippen molar-refractivity contribution in [2.75, 3.05) is 18.4 Å². The zero-order chi connectivity index (χ0) is 16.4. The van der Waals surface area contributed by atoms with Crippen LogP contribution in [-0.2, 0) is 13.6 Å². The van der Waals surface area contributed by atoms with E-state index < -0.39 is 0 Å². The van der Waals surface area contributed by atoms with Crippen molar-refractivity contribution in [1.82, 2.24) is 14.7 Å². The lowest BCUT2D eigenvalue weighted by Crippen LogP contribution is -2.30. The van der Waals surface area contributed by atoms with E-state index in [-0.39, 0.29) is 16.6 Å². The van der Waals surface area contributed by atoms with E-state index in [2.05, 4.69) is 46.5 Å². The van der Waals surface area contributed by atoms with Gasteiger partial charge in [0, 0.05) is 32.7 Å². The van der Waals surface area contributed by atoms with Gasteiger partial charge in [0.2, 0.25) is 0 Å². The van der Waals surface area contributed by atoms with Crippen molar-refractivity contribution in [3.63, 3.8) is 0 Å². The van der Waals surface area contributed by atoms with Crippen molar-refractivity contribution in [3.05, 3.63) is 57.5 Å². The van der Waals surface area contributed by atoms with E-state index >= 15 is 0 Å². The summed E-state index contributed by atoms with van der Waals surface area (Å²) in [5.41, 5.74) is 1.66. The van der Waals surface area contributed by atoms with Gasteiger partial charge in [-0.25, -0.2) is 4.68 Å². The van der Waals surface area contributed by atoms with Crippen LogP contribution in [-0.4, -0.2) is 33.8 Å². The molecule has 1 fully saturated rings. The molecule has 0 radical (unpaired) electrons. The Morgan fingerprint density at radius 2 is 2.04 bits per heavy atom. The fourth-order valence-corrected chi connectivity index (χ4v) is 3.26. The average molecular weight is 333 g/mol. The fourth-order valence-electron chi connectivity index (χ4n) is 3.04. The molecule has 0 amide bonds. The average Bonchev–Trinajstić information content (AvgIpc) is 2.88. The summed E-state index contributed by atoms with van der Waals surface area (Å²) >= 11 is 6.14. The maximum absolute atomic E-state index is 11.9. The van der Waals surface area contributed by atoms with Crippen molar-refractivity contribution < 1.29 is 0 Å². The van der Waals surface area contributed by atoms with E-state index in [0.717, 1.165) is 19.6 Å². The molecule has 2 heterocycles. The summed E-state index contributed by atoms with van der Waals surface area (Å²) in [7, 11) is 1.60. The standard InChI is InChI=1S/C17H21ClN4O/c1-12-9-22(10-13-6-4-3-5-7-13)11-15(12)20-14-8-19-21(2)17(23)16(14)18/h3-8,12,15,20H,9-11H2,1-2H3. The Hall–Kier alpha value is -1.85. The van der Waals surface area contributed by atoms with E-state index in [0.29, 0.717) is 11.6 Å². The Balaban J connectivity index is 1.68. The van der Waals surface area contributed by atoms with Crippen LogP contribution < -0.4 is 10.9 Å². The van der Waals surface area contributed by atoms with Crippen LogP contribution in [0.3, 0.4) is 0 Å². The van der Waals surface area contributed by atoms with Gasteiger partial charge < -0.3 is 5.32 Å². The molecule has 2 unspecified atom stereocenters. The highest BCUT2D eigenvalue weighted by molar-refractivity contribution is 6.32. The first kappa shape index (κ1) is 16.0. The number of benzene rings is 1. The highest BCUT2D eigenvalue weighted by atomic mass is 35.5. The predicted octanol–water partition coefficient (Wildman–Crippen LogP) is 2.37. The summed E-state index contributed by atoms with van der Waals surface area (Å²) in [6, 6.07) is 10.7. The Kier molecular flexibility index (Phi) is 4.68. The van der Waals surface area contributed by atoms with Crippen LogP contribution in [0.4, 0.5) is 5.69 Å². The highest BCUT2D eigenvalue weighted by Crippen LogP contribution is 2.24. The zero-order valence-corrected chi connectivity index (χ0v) is 14.1. The Labute approximate surface area is 140 Å². The molecule has 5 nitrogen and oxygen atoms in total. The Morgan fingerprint density at radius 1 is 1.30 bits per heavy atom. The second-order valence-electron chi connectivity index (χ2n) is 6.21. The summed E-state index contributed by atoms with van der Waals surface area (Å²) in [5, 5.41) is 7.64. The lowest BCUT2D eigenvalue weighted by molar-refractivity contribution is 0.319. The first-order chi connectivity index (χ1) is 11.0. The molecule has 1 N–H and O–H groups in total. The number of halogens is 1. The normalized spacial score (nSPS) is 21.5. The molecular formula is C17H21ClN4O.